The highest BCUT2D eigenvalue weighted by Gasteiger charge is 2.25. The summed E-state index contributed by atoms with van der Waals surface area (Å²) >= 11 is 0. The van der Waals surface area contributed by atoms with Gasteiger partial charge in [0.05, 0.1) is 12.7 Å². The van der Waals surface area contributed by atoms with Crippen molar-refractivity contribution in [3.05, 3.63) is 0 Å². The largest absolute Gasteiger partial charge is 0.378 e. The molecule has 0 aliphatic carbocycles. The third kappa shape index (κ3) is 2.48. The van der Waals surface area contributed by atoms with Crippen LogP contribution in [-0.4, -0.2) is 12.7 Å². The maximum Gasteiger partial charge on any atom is 0.0598 e. The van der Waals surface area contributed by atoms with Gasteiger partial charge in [-0.15, -0.1) is 0 Å². The summed E-state index contributed by atoms with van der Waals surface area (Å²) in [5.74, 6) is 2.29. The smallest absolute Gasteiger partial charge is 0.0598 e. The van der Waals surface area contributed by atoms with Crippen LogP contribution < -0.4 is 0 Å². The molecule has 0 spiro atoms. The molecule has 2 atom stereocenters. The van der Waals surface area contributed by atoms with Crippen molar-refractivity contribution in [1.82, 2.24) is 0 Å². The first-order valence-electron chi connectivity index (χ1n) is 5.23. The SMILES string of the molecule is CC(C)C1CCC(C(C)C)OC1. The van der Waals surface area contributed by atoms with E-state index in [2.05, 4.69) is 27.7 Å². The zero-order valence-corrected chi connectivity index (χ0v) is 8.84. The summed E-state index contributed by atoms with van der Waals surface area (Å²) in [4.78, 5) is 0. The van der Waals surface area contributed by atoms with Gasteiger partial charge in [0.25, 0.3) is 0 Å². The van der Waals surface area contributed by atoms with Gasteiger partial charge in [-0.3, -0.25) is 0 Å². The van der Waals surface area contributed by atoms with Gasteiger partial charge in [-0.05, 0) is 30.6 Å². The minimum absolute atomic E-state index is 0.528. The van der Waals surface area contributed by atoms with Crippen LogP contribution in [0.4, 0.5) is 0 Å². The Kier molecular flexibility index (Phi) is 3.57. The summed E-state index contributed by atoms with van der Waals surface area (Å²) in [6.45, 7) is 10.1. The van der Waals surface area contributed by atoms with Crippen molar-refractivity contribution in [1.29, 1.82) is 0 Å². The molecule has 0 amide bonds. The average Bonchev–Trinajstić information content (AvgIpc) is 2.04. The Morgan fingerprint density at radius 3 is 2.00 bits per heavy atom. The van der Waals surface area contributed by atoms with Gasteiger partial charge in [0, 0.05) is 0 Å². The van der Waals surface area contributed by atoms with Crippen molar-refractivity contribution in [3.63, 3.8) is 0 Å². The van der Waals surface area contributed by atoms with Crippen molar-refractivity contribution in [2.45, 2.75) is 46.6 Å². The van der Waals surface area contributed by atoms with Gasteiger partial charge in [0.2, 0.25) is 0 Å². The Labute approximate surface area is 76.5 Å². The average molecular weight is 170 g/mol. The molecular weight excluding hydrogens is 148 g/mol. The predicted molar refractivity (Wildman–Crippen MR) is 52.1 cm³/mol. The van der Waals surface area contributed by atoms with E-state index >= 15 is 0 Å². The van der Waals surface area contributed by atoms with E-state index in [0.717, 1.165) is 18.4 Å². The lowest BCUT2D eigenvalue weighted by atomic mass is 9.86. The molecule has 1 heteroatoms. The normalized spacial score (nSPS) is 31.5. The van der Waals surface area contributed by atoms with E-state index < -0.39 is 0 Å². The van der Waals surface area contributed by atoms with E-state index in [1.807, 2.05) is 0 Å². The van der Waals surface area contributed by atoms with Gasteiger partial charge < -0.3 is 4.74 Å². The molecule has 0 bridgehead atoms. The Bertz CT molecular complexity index is 105. The van der Waals surface area contributed by atoms with Gasteiger partial charge in [-0.25, -0.2) is 0 Å². The molecule has 0 aromatic carbocycles. The Morgan fingerprint density at radius 2 is 1.67 bits per heavy atom. The summed E-state index contributed by atoms with van der Waals surface area (Å²) in [7, 11) is 0. The van der Waals surface area contributed by atoms with E-state index in [9.17, 15) is 0 Å². The third-order valence-electron chi connectivity index (χ3n) is 3.03. The molecule has 1 nitrogen and oxygen atoms in total. The van der Waals surface area contributed by atoms with Gasteiger partial charge in [0.1, 0.15) is 0 Å². The van der Waals surface area contributed by atoms with Crippen molar-refractivity contribution in [3.8, 4) is 0 Å². The minimum Gasteiger partial charge on any atom is -0.378 e. The Hall–Kier alpha value is -0.0400. The van der Waals surface area contributed by atoms with E-state index in [1.54, 1.807) is 0 Å². The highest BCUT2D eigenvalue weighted by molar-refractivity contribution is 4.74. The molecule has 1 saturated heterocycles. The van der Waals surface area contributed by atoms with Crippen LogP contribution in [-0.2, 0) is 4.74 Å². The predicted octanol–water partition coefficient (Wildman–Crippen LogP) is 3.09. The van der Waals surface area contributed by atoms with E-state index in [1.165, 1.54) is 12.8 Å². The van der Waals surface area contributed by atoms with Crippen LogP contribution in [0.2, 0.25) is 0 Å². The molecule has 12 heavy (non-hydrogen) atoms. The van der Waals surface area contributed by atoms with E-state index in [-0.39, 0.29) is 0 Å². The molecule has 1 rings (SSSR count). The lowest BCUT2D eigenvalue weighted by Gasteiger charge is -2.33. The van der Waals surface area contributed by atoms with E-state index in [0.29, 0.717) is 12.0 Å². The number of hydrogen-bond donors (Lipinski definition) is 0. The molecular formula is C11H22O. The molecule has 0 aromatic heterocycles. The second kappa shape index (κ2) is 4.27. The topological polar surface area (TPSA) is 9.23 Å². The van der Waals surface area contributed by atoms with Gasteiger partial charge >= 0.3 is 0 Å². The van der Waals surface area contributed by atoms with Crippen molar-refractivity contribution in [2.24, 2.45) is 17.8 Å². The third-order valence-corrected chi connectivity index (χ3v) is 3.03. The standard InChI is InChI=1S/C11H22O/c1-8(2)10-5-6-11(9(3)4)12-7-10/h8-11H,5-7H2,1-4H3. The first kappa shape index (κ1) is 10.0. The molecule has 1 aliphatic rings. The zero-order chi connectivity index (χ0) is 9.14. The zero-order valence-electron chi connectivity index (χ0n) is 8.84. The van der Waals surface area contributed by atoms with Crippen LogP contribution in [0.5, 0.6) is 0 Å². The molecule has 1 fully saturated rings. The first-order valence-corrected chi connectivity index (χ1v) is 5.23. The molecule has 0 saturated carbocycles. The summed E-state index contributed by atoms with van der Waals surface area (Å²) in [5, 5.41) is 0. The van der Waals surface area contributed by atoms with Crippen LogP contribution in [0, 0.1) is 17.8 Å². The van der Waals surface area contributed by atoms with Crippen molar-refractivity contribution < 1.29 is 4.74 Å². The maximum atomic E-state index is 5.81. The van der Waals surface area contributed by atoms with Crippen LogP contribution in [0.3, 0.4) is 0 Å². The lowest BCUT2D eigenvalue weighted by molar-refractivity contribution is -0.0496. The summed E-state index contributed by atoms with van der Waals surface area (Å²) < 4.78 is 5.81. The fourth-order valence-electron chi connectivity index (χ4n) is 1.84. The number of rotatable bonds is 2. The number of ether oxygens (including phenoxy) is 1. The molecule has 72 valence electrons. The van der Waals surface area contributed by atoms with E-state index in [4.69, 9.17) is 4.74 Å². The van der Waals surface area contributed by atoms with Crippen molar-refractivity contribution >= 4 is 0 Å². The van der Waals surface area contributed by atoms with Crippen LogP contribution >= 0.6 is 0 Å². The lowest BCUT2D eigenvalue weighted by Crippen LogP contribution is -2.31. The molecule has 1 heterocycles. The van der Waals surface area contributed by atoms with Crippen LogP contribution in [0.1, 0.15) is 40.5 Å². The second-order valence-corrected chi connectivity index (χ2v) is 4.70. The molecule has 0 radical (unpaired) electrons. The highest BCUT2D eigenvalue weighted by Crippen LogP contribution is 2.27. The Balaban J connectivity index is 2.30. The number of hydrogen-bond acceptors (Lipinski definition) is 1. The first-order chi connectivity index (χ1) is 5.61. The molecule has 0 N–H and O–H groups in total. The van der Waals surface area contributed by atoms with Crippen LogP contribution in [0.25, 0.3) is 0 Å². The fraction of sp³-hybridized carbons (Fsp3) is 1.00. The second-order valence-electron chi connectivity index (χ2n) is 4.70. The molecule has 0 aromatic rings. The maximum absolute atomic E-state index is 5.81. The van der Waals surface area contributed by atoms with Gasteiger partial charge in [0.15, 0.2) is 0 Å². The van der Waals surface area contributed by atoms with Crippen molar-refractivity contribution in [2.75, 3.05) is 6.61 Å². The summed E-state index contributed by atoms with van der Waals surface area (Å²) in [6.07, 6.45) is 3.15. The highest BCUT2D eigenvalue weighted by atomic mass is 16.5. The Morgan fingerprint density at radius 1 is 1.00 bits per heavy atom. The summed E-state index contributed by atoms with van der Waals surface area (Å²) in [5.41, 5.74) is 0. The fourth-order valence-corrected chi connectivity index (χ4v) is 1.84. The quantitative estimate of drug-likeness (QED) is 0.619. The van der Waals surface area contributed by atoms with Crippen LogP contribution in [0.15, 0.2) is 0 Å². The monoisotopic (exact) mass is 170 g/mol. The minimum atomic E-state index is 0.528. The summed E-state index contributed by atoms with van der Waals surface area (Å²) in [6, 6.07) is 0. The molecule has 2 unspecified atom stereocenters. The molecule has 1 aliphatic heterocycles. The van der Waals surface area contributed by atoms with Gasteiger partial charge in [-0.2, -0.15) is 0 Å². The van der Waals surface area contributed by atoms with Gasteiger partial charge in [-0.1, -0.05) is 27.7 Å².